The van der Waals surface area contributed by atoms with Gasteiger partial charge in [-0.3, -0.25) is 9.36 Å². The Morgan fingerprint density at radius 1 is 1.21 bits per heavy atom. The number of carboxylic acids is 1. The first-order valence-corrected chi connectivity index (χ1v) is 6.87. The number of para-hydroxylation sites is 1. The van der Waals surface area contributed by atoms with Crippen molar-refractivity contribution >= 4 is 28.7 Å². The van der Waals surface area contributed by atoms with Crippen LogP contribution in [0.5, 0.6) is 0 Å². The van der Waals surface area contributed by atoms with Crippen molar-refractivity contribution in [2.75, 3.05) is 5.32 Å². The van der Waals surface area contributed by atoms with Gasteiger partial charge in [-0.2, -0.15) is 0 Å². The number of nitrogens with one attached hydrogen (secondary N) is 1. The van der Waals surface area contributed by atoms with Crippen LogP contribution in [0, 0.1) is 5.82 Å². The maximum Gasteiger partial charge on any atom is 0.420 e. The second-order valence-corrected chi connectivity index (χ2v) is 4.97. The average Bonchev–Trinajstić information content (AvgIpc) is 2.84. The van der Waals surface area contributed by atoms with Gasteiger partial charge in [-0.05, 0) is 30.3 Å². The third-order valence-corrected chi connectivity index (χ3v) is 3.36. The second-order valence-electron chi connectivity index (χ2n) is 4.97. The Bertz CT molecular complexity index is 1010. The molecule has 0 atom stereocenters. The summed E-state index contributed by atoms with van der Waals surface area (Å²) in [5.74, 6) is -3.19. The van der Waals surface area contributed by atoms with Crippen molar-refractivity contribution in [3.05, 3.63) is 64.4 Å². The lowest BCUT2D eigenvalue weighted by Crippen LogP contribution is -2.25. The van der Waals surface area contributed by atoms with Crippen LogP contribution in [0.15, 0.2) is 51.7 Å². The molecule has 0 aliphatic heterocycles. The molecule has 0 radical (unpaired) electrons. The third-order valence-electron chi connectivity index (χ3n) is 3.36. The van der Waals surface area contributed by atoms with Crippen LogP contribution in [0.2, 0.25) is 0 Å². The molecule has 3 aromatic rings. The van der Waals surface area contributed by atoms with E-state index in [9.17, 15) is 18.8 Å². The number of rotatable bonds is 4. The molecule has 2 aromatic carbocycles. The van der Waals surface area contributed by atoms with Gasteiger partial charge >= 0.3 is 11.7 Å². The summed E-state index contributed by atoms with van der Waals surface area (Å²) in [6.07, 6.45) is 0. The van der Waals surface area contributed by atoms with E-state index in [0.29, 0.717) is 0 Å². The van der Waals surface area contributed by atoms with E-state index in [0.717, 1.165) is 4.57 Å². The quantitative estimate of drug-likeness (QED) is 0.762. The monoisotopic (exact) mass is 330 g/mol. The number of carboxylic acid groups (broad SMARTS) is 1. The Kier molecular flexibility index (Phi) is 3.87. The zero-order chi connectivity index (χ0) is 17.3. The van der Waals surface area contributed by atoms with E-state index in [1.807, 2.05) is 0 Å². The molecule has 0 fully saturated rings. The maximum absolute atomic E-state index is 13.5. The van der Waals surface area contributed by atoms with Crippen LogP contribution in [-0.4, -0.2) is 21.6 Å². The topological polar surface area (TPSA) is 102 Å². The molecule has 1 aromatic heterocycles. The van der Waals surface area contributed by atoms with Gasteiger partial charge in [-0.15, -0.1) is 0 Å². The lowest BCUT2D eigenvalue weighted by Gasteiger charge is -2.06. The molecule has 0 spiro atoms. The van der Waals surface area contributed by atoms with Crippen LogP contribution < -0.4 is 11.1 Å². The fraction of sp³-hybridized carbons (Fsp3) is 0.0625. The number of anilines is 1. The molecule has 2 N–H and O–H groups in total. The first-order valence-electron chi connectivity index (χ1n) is 6.87. The number of fused-ring (bicyclic) bond motifs is 1. The van der Waals surface area contributed by atoms with Crippen LogP contribution in [0.1, 0.15) is 10.4 Å². The molecule has 0 bridgehead atoms. The number of carbonyl (C=O) groups is 2. The molecule has 0 aliphatic carbocycles. The van der Waals surface area contributed by atoms with E-state index in [1.54, 1.807) is 6.07 Å². The molecule has 3 rings (SSSR count). The predicted octanol–water partition coefficient (Wildman–Crippen LogP) is 2.07. The molecule has 24 heavy (non-hydrogen) atoms. The van der Waals surface area contributed by atoms with Crippen molar-refractivity contribution in [2.45, 2.75) is 6.54 Å². The van der Waals surface area contributed by atoms with Gasteiger partial charge in [0.05, 0.1) is 16.8 Å². The molecule has 1 amide bonds. The number of hydrogen-bond acceptors (Lipinski definition) is 4. The van der Waals surface area contributed by atoms with Gasteiger partial charge in [-0.25, -0.2) is 14.0 Å². The van der Waals surface area contributed by atoms with Crippen LogP contribution in [0.4, 0.5) is 10.1 Å². The number of aromatic nitrogens is 1. The van der Waals surface area contributed by atoms with Gasteiger partial charge < -0.3 is 14.8 Å². The summed E-state index contributed by atoms with van der Waals surface area (Å²) in [7, 11) is 0. The highest BCUT2D eigenvalue weighted by molar-refractivity contribution is 5.93. The zero-order valence-electron chi connectivity index (χ0n) is 12.2. The van der Waals surface area contributed by atoms with Crippen molar-refractivity contribution in [1.29, 1.82) is 0 Å². The Labute approximate surface area is 133 Å². The smallest absolute Gasteiger partial charge is 0.420 e. The summed E-state index contributed by atoms with van der Waals surface area (Å²) in [6, 6.07) is 9.50. The van der Waals surface area contributed by atoms with Gasteiger partial charge in [0.15, 0.2) is 5.58 Å². The highest BCUT2D eigenvalue weighted by atomic mass is 19.1. The minimum Gasteiger partial charge on any atom is -0.478 e. The molecule has 7 nitrogen and oxygen atoms in total. The van der Waals surface area contributed by atoms with E-state index in [-0.39, 0.29) is 22.4 Å². The number of carbonyl (C=O) groups excluding carboxylic acids is 1. The van der Waals surface area contributed by atoms with Gasteiger partial charge in [0, 0.05) is 0 Å². The molecule has 122 valence electrons. The minimum absolute atomic E-state index is 0.00323. The van der Waals surface area contributed by atoms with Crippen molar-refractivity contribution in [3.63, 3.8) is 0 Å². The Hall–Kier alpha value is -3.42. The van der Waals surface area contributed by atoms with Crippen LogP contribution in [-0.2, 0) is 11.3 Å². The van der Waals surface area contributed by atoms with E-state index < -0.39 is 30.0 Å². The Morgan fingerprint density at radius 2 is 1.96 bits per heavy atom. The molecule has 0 saturated heterocycles. The number of hydrogen-bond donors (Lipinski definition) is 2. The van der Waals surface area contributed by atoms with Crippen LogP contribution in [0.25, 0.3) is 11.1 Å². The Balaban J connectivity index is 1.88. The molecular weight excluding hydrogens is 319 g/mol. The van der Waals surface area contributed by atoms with Crippen molar-refractivity contribution in [3.8, 4) is 0 Å². The van der Waals surface area contributed by atoms with Crippen molar-refractivity contribution in [1.82, 2.24) is 4.57 Å². The van der Waals surface area contributed by atoms with Crippen LogP contribution in [0.3, 0.4) is 0 Å². The average molecular weight is 330 g/mol. The third kappa shape index (κ3) is 2.89. The first kappa shape index (κ1) is 15.5. The van der Waals surface area contributed by atoms with Gasteiger partial charge in [0.2, 0.25) is 5.91 Å². The summed E-state index contributed by atoms with van der Waals surface area (Å²) in [5, 5.41) is 11.3. The summed E-state index contributed by atoms with van der Waals surface area (Å²) in [4.78, 5) is 34.8. The van der Waals surface area contributed by atoms with E-state index in [4.69, 9.17) is 9.52 Å². The molecule has 0 aliphatic rings. The largest absolute Gasteiger partial charge is 0.478 e. The van der Waals surface area contributed by atoms with E-state index in [1.165, 1.54) is 36.4 Å². The number of aromatic carboxylic acids is 1. The predicted molar refractivity (Wildman–Crippen MR) is 82.5 cm³/mol. The fourth-order valence-corrected chi connectivity index (χ4v) is 2.25. The lowest BCUT2D eigenvalue weighted by molar-refractivity contribution is -0.116. The standard InChI is InChI=1S/C16H11FN2O5/c17-10-3-1-2-4-11(10)18-14(20)8-19-12-6-5-9(15(21)22)7-13(12)24-16(19)23/h1-7H,8H2,(H,18,20)(H,21,22). The minimum atomic E-state index is -1.16. The number of benzene rings is 2. The number of nitrogens with zero attached hydrogens (tertiary/aromatic N) is 1. The van der Waals surface area contributed by atoms with Gasteiger partial charge in [0.1, 0.15) is 12.4 Å². The molecule has 8 heteroatoms. The van der Waals surface area contributed by atoms with E-state index >= 15 is 0 Å². The van der Waals surface area contributed by atoms with Gasteiger partial charge in [-0.1, -0.05) is 12.1 Å². The summed E-state index contributed by atoms with van der Waals surface area (Å²) < 4.78 is 19.5. The first-order chi connectivity index (χ1) is 11.5. The number of oxazole rings is 1. The SMILES string of the molecule is O=C(Cn1c(=O)oc2cc(C(=O)O)ccc21)Nc1ccccc1F. The highest BCUT2D eigenvalue weighted by Crippen LogP contribution is 2.16. The number of amides is 1. The summed E-state index contributed by atoms with van der Waals surface area (Å²) >= 11 is 0. The van der Waals surface area contributed by atoms with Crippen molar-refractivity contribution < 1.29 is 23.5 Å². The highest BCUT2D eigenvalue weighted by Gasteiger charge is 2.15. The van der Waals surface area contributed by atoms with Crippen LogP contribution >= 0.6 is 0 Å². The second kappa shape index (κ2) is 5.99. The molecule has 0 saturated carbocycles. The lowest BCUT2D eigenvalue weighted by atomic mass is 10.2. The molecular formula is C16H11FN2O5. The Morgan fingerprint density at radius 3 is 2.67 bits per heavy atom. The fourth-order valence-electron chi connectivity index (χ4n) is 2.25. The maximum atomic E-state index is 13.5. The number of halogens is 1. The summed E-state index contributed by atoms with van der Waals surface area (Å²) in [5.41, 5.74) is 0.281. The zero-order valence-corrected chi connectivity index (χ0v) is 12.2. The molecule has 0 unspecified atom stereocenters. The van der Waals surface area contributed by atoms with E-state index in [2.05, 4.69) is 5.32 Å². The van der Waals surface area contributed by atoms with Gasteiger partial charge in [0.25, 0.3) is 0 Å². The molecule has 1 heterocycles. The van der Waals surface area contributed by atoms with Crippen molar-refractivity contribution in [2.24, 2.45) is 0 Å². The normalized spacial score (nSPS) is 10.7. The summed E-state index contributed by atoms with van der Waals surface area (Å²) in [6.45, 7) is -0.396.